The highest BCUT2D eigenvalue weighted by Crippen LogP contribution is 2.39. The molecule has 3 atom stereocenters. The van der Waals surface area contributed by atoms with Crippen LogP contribution < -0.4 is 0 Å². The third-order valence-electron chi connectivity index (χ3n) is 4.70. The van der Waals surface area contributed by atoms with Crippen LogP contribution >= 0.6 is 0 Å². The van der Waals surface area contributed by atoms with E-state index in [-0.39, 0.29) is 0 Å². The van der Waals surface area contributed by atoms with E-state index in [4.69, 9.17) is 0 Å². The first-order valence-corrected chi connectivity index (χ1v) is 8.47. The molecule has 0 amide bonds. The van der Waals surface area contributed by atoms with Gasteiger partial charge in [0, 0.05) is 30.7 Å². The van der Waals surface area contributed by atoms with Gasteiger partial charge in [-0.3, -0.25) is 4.98 Å². The SMILES string of the molecule is CC(CC(c1ccncc1)C(C)c1ccccc1)c1ncccn1. The van der Waals surface area contributed by atoms with Crippen molar-refractivity contribution in [1.29, 1.82) is 0 Å². The summed E-state index contributed by atoms with van der Waals surface area (Å²) >= 11 is 0. The number of rotatable bonds is 6. The lowest BCUT2D eigenvalue weighted by atomic mass is 9.78. The van der Waals surface area contributed by atoms with Crippen molar-refractivity contribution in [3.05, 3.63) is 90.3 Å². The van der Waals surface area contributed by atoms with Crippen LogP contribution in [0.4, 0.5) is 0 Å². The molecule has 0 fully saturated rings. The monoisotopic (exact) mass is 317 g/mol. The van der Waals surface area contributed by atoms with Crippen molar-refractivity contribution in [2.75, 3.05) is 0 Å². The van der Waals surface area contributed by atoms with E-state index in [9.17, 15) is 0 Å². The van der Waals surface area contributed by atoms with Gasteiger partial charge in [0.15, 0.2) is 0 Å². The fourth-order valence-corrected chi connectivity index (χ4v) is 3.28. The molecule has 2 heterocycles. The third kappa shape index (κ3) is 3.85. The topological polar surface area (TPSA) is 38.7 Å². The van der Waals surface area contributed by atoms with Crippen LogP contribution in [-0.4, -0.2) is 15.0 Å². The molecule has 1 aromatic carbocycles. The molecule has 3 unspecified atom stereocenters. The van der Waals surface area contributed by atoms with E-state index in [2.05, 4.69) is 71.3 Å². The summed E-state index contributed by atoms with van der Waals surface area (Å²) in [5, 5.41) is 0. The lowest BCUT2D eigenvalue weighted by Gasteiger charge is -2.27. The number of benzene rings is 1. The van der Waals surface area contributed by atoms with E-state index in [1.807, 2.05) is 30.9 Å². The fraction of sp³-hybridized carbons (Fsp3) is 0.286. The van der Waals surface area contributed by atoms with Gasteiger partial charge in [0.05, 0.1) is 0 Å². The number of hydrogen-bond acceptors (Lipinski definition) is 3. The molecule has 3 nitrogen and oxygen atoms in total. The van der Waals surface area contributed by atoms with Crippen LogP contribution in [-0.2, 0) is 0 Å². The molecule has 0 spiro atoms. The van der Waals surface area contributed by atoms with Gasteiger partial charge < -0.3 is 0 Å². The normalized spacial score (nSPS) is 14.8. The number of nitrogens with zero attached hydrogens (tertiary/aromatic N) is 3. The van der Waals surface area contributed by atoms with Crippen molar-refractivity contribution >= 4 is 0 Å². The van der Waals surface area contributed by atoms with Gasteiger partial charge in [0.25, 0.3) is 0 Å². The molecule has 3 aromatic rings. The molecule has 0 aliphatic heterocycles. The van der Waals surface area contributed by atoms with Crippen LogP contribution in [0.3, 0.4) is 0 Å². The zero-order valence-corrected chi connectivity index (χ0v) is 14.2. The van der Waals surface area contributed by atoms with Crippen molar-refractivity contribution in [3.8, 4) is 0 Å². The van der Waals surface area contributed by atoms with E-state index >= 15 is 0 Å². The Bertz CT molecular complexity index is 729. The quantitative estimate of drug-likeness (QED) is 0.645. The number of hydrogen-bond donors (Lipinski definition) is 0. The minimum atomic E-state index is 0.301. The van der Waals surface area contributed by atoms with E-state index < -0.39 is 0 Å². The molecule has 0 aliphatic carbocycles. The zero-order chi connectivity index (χ0) is 16.8. The van der Waals surface area contributed by atoms with Crippen molar-refractivity contribution in [2.24, 2.45) is 0 Å². The van der Waals surface area contributed by atoms with Crippen molar-refractivity contribution in [3.63, 3.8) is 0 Å². The Morgan fingerprint density at radius 1 is 0.750 bits per heavy atom. The summed E-state index contributed by atoms with van der Waals surface area (Å²) in [5.74, 6) is 2.03. The standard InChI is InChI=1S/C21H23N3/c1-16(21-23-11-6-12-24-21)15-20(19-9-13-22-14-10-19)17(2)18-7-4-3-5-8-18/h3-14,16-17,20H,15H2,1-2H3. The first-order chi connectivity index (χ1) is 11.8. The second-order valence-electron chi connectivity index (χ2n) is 6.33. The first kappa shape index (κ1) is 16.3. The molecule has 0 aliphatic rings. The maximum atomic E-state index is 4.43. The molecule has 0 radical (unpaired) electrons. The highest BCUT2D eigenvalue weighted by molar-refractivity contribution is 5.27. The molecule has 0 saturated carbocycles. The summed E-state index contributed by atoms with van der Waals surface area (Å²) in [6, 6.07) is 16.8. The molecule has 0 saturated heterocycles. The Hall–Kier alpha value is -2.55. The van der Waals surface area contributed by atoms with Crippen LogP contribution in [0.5, 0.6) is 0 Å². The van der Waals surface area contributed by atoms with Gasteiger partial charge >= 0.3 is 0 Å². The van der Waals surface area contributed by atoms with Gasteiger partial charge in [-0.15, -0.1) is 0 Å². The average molecular weight is 317 g/mol. The zero-order valence-electron chi connectivity index (χ0n) is 14.2. The Morgan fingerprint density at radius 2 is 1.42 bits per heavy atom. The number of aromatic nitrogens is 3. The smallest absolute Gasteiger partial charge is 0.131 e. The molecule has 3 heteroatoms. The summed E-state index contributed by atoms with van der Waals surface area (Å²) in [6.07, 6.45) is 8.40. The summed E-state index contributed by atoms with van der Waals surface area (Å²) in [4.78, 5) is 13.0. The van der Waals surface area contributed by atoms with E-state index in [0.29, 0.717) is 17.8 Å². The molecule has 0 bridgehead atoms. The van der Waals surface area contributed by atoms with Crippen molar-refractivity contribution in [2.45, 2.75) is 38.0 Å². The first-order valence-electron chi connectivity index (χ1n) is 8.47. The third-order valence-corrected chi connectivity index (χ3v) is 4.70. The van der Waals surface area contributed by atoms with Gasteiger partial charge in [-0.05, 0) is 47.6 Å². The van der Waals surface area contributed by atoms with E-state index in [0.717, 1.165) is 12.2 Å². The predicted molar refractivity (Wildman–Crippen MR) is 96.9 cm³/mol. The maximum absolute atomic E-state index is 4.43. The minimum Gasteiger partial charge on any atom is -0.265 e. The van der Waals surface area contributed by atoms with Crippen LogP contribution in [0.1, 0.15) is 55.0 Å². The molecular formula is C21H23N3. The van der Waals surface area contributed by atoms with Crippen molar-refractivity contribution < 1.29 is 0 Å². The van der Waals surface area contributed by atoms with Gasteiger partial charge in [-0.2, -0.15) is 0 Å². The second kappa shape index (κ2) is 7.82. The minimum absolute atomic E-state index is 0.301. The molecule has 0 N–H and O–H groups in total. The molecule has 2 aromatic heterocycles. The van der Waals surface area contributed by atoms with E-state index in [1.54, 1.807) is 0 Å². The molecule has 122 valence electrons. The average Bonchev–Trinajstić information content (AvgIpc) is 2.67. The van der Waals surface area contributed by atoms with Gasteiger partial charge in [0.1, 0.15) is 5.82 Å². The predicted octanol–water partition coefficient (Wildman–Crippen LogP) is 4.95. The van der Waals surface area contributed by atoms with Crippen molar-refractivity contribution in [1.82, 2.24) is 15.0 Å². The summed E-state index contributed by atoms with van der Waals surface area (Å²) < 4.78 is 0. The van der Waals surface area contributed by atoms with Crippen LogP contribution in [0.15, 0.2) is 73.3 Å². The van der Waals surface area contributed by atoms with Gasteiger partial charge in [-0.25, -0.2) is 9.97 Å². The summed E-state index contributed by atoms with van der Waals surface area (Å²) in [6.45, 7) is 4.51. The highest BCUT2D eigenvalue weighted by atomic mass is 14.9. The summed E-state index contributed by atoms with van der Waals surface area (Å²) in [5.41, 5.74) is 2.68. The fourth-order valence-electron chi connectivity index (χ4n) is 3.28. The lowest BCUT2D eigenvalue weighted by molar-refractivity contribution is 0.481. The second-order valence-corrected chi connectivity index (χ2v) is 6.33. The van der Waals surface area contributed by atoms with Gasteiger partial charge in [0.2, 0.25) is 0 Å². The van der Waals surface area contributed by atoms with Gasteiger partial charge in [-0.1, -0.05) is 44.2 Å². The molecule has 24 heavy (non-hydrogen) atoms. The highest BCUT2D eigenvalue weighted by Gasteiger charge is 2.24. The Kier molecular flexibility index (Phi) is 5.32. The maximum Gasteiger partial charge on any atom is 0.131 e. The Morgan fingerprint density at radius 3 is 2.08 bits per heavy atom. The van der Waals surface area contributed by atoms with Crippen LogP contribution in [0.2, 0.25) is 0 Å². The lowest BCUT2D eigenvalue weighted by Crippen LogP contribution is -2.13. The largest absolute Gasteiger partial charge is 0.265 e. The Balaban J connectivity index is 1.88. The molecular weight excluding hydrogens is 294 g/mol. The summed E-state index contributed by atoms with van der Waals surface area (Å²) in [7, 11) is 0. The Labute approximate surface area is 143 Å². The molecule has 3 rings (SSSR count). The van der Waals surface area contributed by atoms with Crippen LogP contribution in [0.25, 0.3) is 0 Å². The van der Waals surface area contributed by atoms with E-state index in [1.165, 1.54) is 11.1 Å². The van der Waals surface area contributed by atoms with Crippen LogP contribution in [0, 0.1) is 0 Å². The number of pyridine rings is 1.